The van der Waals surface area contributed by atoms with E-state index in [1.54, 1.807) is 6.07 Å². The smallest absolute Gasteiger partial charge is 0.292 e. The van der Waals surface area contributed by atoms with Gasteiger partial charge in [-0.15, -0.1) is 0 Å². The topological polar surface area (TPSA) is 112 Å². The van der Waals surface area contributed by atoms with E-state index in [0.29, 0.717) is 11.1 Å². The van der Waals surface area contributed by atoms with Gasteiger partial charge < -0.3 is 5.73 Å². The van der Waals surface area contributed by atoms with Crippen LogP contribution in [0.1, 0.15) is 0 Å². The quantitative estimate of drug-likeness (QED) is 0.517. The predicted molar refractivity (Wildman–Crippen MR) is 69.6 cm³/mol. The fraction of sp³-hybridized carbons (Fsp3) is 0. The van der Waals surface area contributed by atoms with Gasteiger partial charge in [0, 0.05) is 12.1 Å². The molecule has 2 rings (SSSR count). The summed E-state index contributed by atoms with van der Waals surface area (Å²) in [4.78, 5) is 20.6. The highest BCUT2D eigenvalue weighted by Crippen LogP contribution is 2.33. The van der Waals surface area contributed by atoms with Crippen LogP contribution in [-0.4, -0.2) is 9.85 Å². The van der Waals surface area contributed by atoms with E-state index >= 15 is 0 Å². The second-order valence-electron chi connectivity index (χ2n) is 3.80. The van der Waals surface area contributed by atoms with Crippen molar-refractivity contribution in [2.45, 2.75) is 0 Å². The number of nitrogen functional groups attached to an aromatic ring is 1. The number of nitrogens with two attached hydrogens (primary N) is 1. The third kappa shape index (κ3) is 2.34. The first-order valence-corrected chi connectivity index (χ1v) is 5.28. The Morgan fingerprint density at radius 2 is 1.53 bits per heavy atom. The predicted octanol–water partition coefficient (Wildman–Crippen LogP) is 2.75. The summed E-state index contributed by atoms with van der Waals surface area (Å²) in [6, 6.07) is 10.2. The van der Waals surface area contributed by atoms with Crippen molar-refractivity contribution in [1.82, 2.24) is 0 Å². The van der Waals surface area contributed by atoms with Gasteiger partial charge in [-0.25, -0.2) is 0 Å². The van der Waals surface area contributed by atoms with E-state index in [4.69, 9.17) is 5.73 Å². The number of hydrogen-bond donors (Lipinski definition) is 1. The van der Waals surface area contributed by atoms with Gasteiger partial charge in [0.05, 0.1) is 15.4 Å². The Hall–Kier alpha value is -2.96. The van der Waals surface area contributed by atoms with Crippen molar-refractivity contribution in [3.05, 3.63) is 62.7 Å². The van der Waals surface area contributed by atoms with E-state index in [9.17, 15) is 20.2 Å². The molecule has 0 radical (unpaired) electrons. The second kappa shape index (κ2) is 4.73. The molecule has 0 atom stereocenters. The number of hydrogen-bond acceptors (Lipinski definition) is 5. The molecule has 7 heteroatoms. The van der Waals surface area contributed by atoms with E-state index in [1.165, 1.54) is 36.4 Å². The summed E-state index contributed by atoms with van der Waals surface area (Å²) in [5.41, 5.74) is 5.83. The van der Waals surface area contributed by atoms with Crippen LogP contribution in [0.15, 0.2) is 42.5 Å². The minimum Gasteiger partial charge on any atom is -0.393 e. The first-order chi connectivity index (χ1) is 9.00. The summed E-state index contributed by atoms with van der Waals surface area (Å²) < 4.78 is 0. The van der Waals surface area contributed by atoms with Crippen LogP contribution in [0.5, 0.6) is 0 Å². The minimum absolute atomic E-state index is 0.0207. The number of benzene rings is 2. The molecule has 7 nitrogen and oxygen atoms in total. The number of nitrogens with zero attached hydrogens (tertiary/aromatic N) is 2. The Morgan fingerprint density at radius 1 is 0.895 bits per heavy atom. The molecule has 0 aliphatic carbocycles. The molecule has 0 aromatic heterocycles. The van der Waals surface area contributed by atoms with Crippen LogP contribution in [0.25, 0.3) is 11.1 Å². The van der Waals surface area contributed by atoms with E-state index < -0.39 is 9.85 Å². The van der Waals surface area contributed by atoms with Crippen LogP contribution in [0.4, 0.5) is 17.1 Å². The highest BCUT2D eigenvalue weighted by Gasteiger charge is 2.18. The molecule has 0 amide bonds. The van der Waals surface area contributed by atoms with Crippen molar-refractivity contribution in [3.8, 4) is 11.1 Å². The normalized spacial score (nSPS) is 10.1. The lowest BCUT2D eigenvalue weighted by Crippen LogP contribution is -1.97. The zero-order valence-electron chi connectivity index (χ0n) is 9.65. The Morgan fingerprint density at radius 3 is 2.16 bits per heavy atom. The molecule has 0 fully saturated rings. The van der Waals surface area contributed by atoms with Gasteiger partial charge >= 0.3 is 0 Å². The SMILES string of the molecule is Nc1ccc(-c2ccccc2[N+](=O)[O-])cc1[N+](=O)[O-]. The third-order valence-electron chi connectivity index (χ3n) is 2.64. The third-order valence-corrected chi connectivity index (χ3v) is 2.64. The summed E-state index contributed by atoms with van der Waals surface area (Å²) in [6.45, 7) is 0. The van der Waals surface area contributed by atoms with Crippen LogP contribution in [0.3, 0.4) is 0 Å². The molecule has 0 spiro atoms. The number of anilines is 1. The number of rotatable bonds is 3. The van der Waals surface area contributed by atoms with Crippen molar-refractivity contribution < 1.29 is 9.85 Å². The van der Waals surface area contributed by atoms with Crippen molar-refractivity contribution in [2.75, 3.05) is 5.73 Å². The molecule has 2 N–H and O–H groups in total. The van der Waals surface area contributed by atoms with Crippen LogP contribution >= 0.6 is 0 Å². The van der Waals surface area contributed by atoms with Gasteiger partial charge in [-0.3, -0.25) is 20.2 Å². The lowest BCUT2D eigenvalue weighted by atomic mass is 10.0. The zero-order valence-corrected chi connectivity index (χ0v) is 9.65. The molecular formula is C12H9N3O4. The summed E-state index contributed by atoms with van der Waals surface area (Å²) in [6.07, 6.45) is 0. The molecular weight excluding hydrogens is 250 g/mol. The van der Waals surface area contributed by atoms with Gasteiger partial charge in [-0.1, -0.05) is 18.2 Å². The van der Waals surface area contributed by atoms with Gasteiger partial charge in [-0.2, -0.15) is 0 Å². The van der Waals surface area contributed by atoms with Crippen molar-refractivity contribution in [1.29, 1.82) is 0 Å². The van der Waals surface area contributed by atoms with Gasteiger partial charge in [0.2, 0.25) is 0 Å². The molecule has 2 aromatic carbocycles. The maximum Gasteiger partial charge on any atom is 0.292 e. The molecule has 96 valence electrons. The number of nitro benzene ring substituents is 2. The largest absolute Gasteiger partial charge is 0.393 e. The highest BCUT2D eigenvalue weighted by molar-refractivity contribution is 5.77. The number of nitro groups is 2. The average molecular weight is 259 g/mol. The maximum atomic E-state index is 10.9. The summed E-state index contributed by atoms with van der Waals surface area (Å²) in [5, 5.41) is 21.7. The molecule has 2 aromatic rings. The molecule has 0 aliphatic heterocycles. The van der Waals surface area contributed by atoms with Crippen LogP contribution in [0.2, 0.25) is 0 Å². The second-order valence-corrected chi connectivity index (χ2v) is 3.80. The molecule has 19 heavy (non-hydrogen) atoms. The van der Waals surface area contributed by atoms with Crippen molar-refractivity contribution in [2.24, 2.45) is 0 Å². The Bertz CT molecular complexity index is 670. The fourth-order valence-corrected chi connectivity index (χ4v) is 1.75. The van der Waals surface area contributed by atoms with Gasteiger partial charge in [0.1, 0.15) is 5.69 Å². The minimum atomic E-state index is -0.617. The van der Waals surface area contributed by atoms with Crippen LogP contribution in [0, 0.1) is 20.2 Å². The van der Waals surface area contributed by atoms with Crippen molar-refractivity contribution >= 4 is 17.1 Å². The van der Waals surface area contributed by atoms with E-state index in [0.717, 1.165) is 0 Å². The molecule has 0 bridgehead atoms. The summed E-state index contributed by atoms with van der Waals surface area (Å²) >= 11 is 0. The summed E-state index contributed by atoms with van der Waals surface area (Å²) in [7, 11) is 0. The first-order valence-electron chi connectivity index (χ1n) is 5.28. The molecule has 0 heterocycles. The number of para-hydroxylation sites is 1. The lowest BCUT2D eigenvalue weighted by molar-refractivity contribution is -0.384. The van der Waals surface area contributed by atoms with Crippen LogP contribution in [-0.2, 0) is 0 Å². The average Bonchev–Trinajstić information content (AvgIpc) is 2.39. The maximum absolute atomic E-state index is 10.9. The molecule has 0 saturated heterocycles. The Labute approximate surface area is 107 Å². The van der Waals surface area contributed by atoms with Crippen molar-refractivity contribution in [3.63, 3.8) is 0 Å². The summed E-state index contributed by atoms with van der Waals surface area (Å²) in [5.74, 6) is 0. The van der Waals surface area contributed by atoms with E-state index in [2.05, 4.69) is 0 Å². The Kier molecular flexibility index (Phi) is 3.11. The zero-order chi connectivity index (χ0) is 14.0. The molecule has 0 unspecified atom stereocenters. The van der Waals surface area contributed by atoms with Gasteiger partial charge in [-0.05, 0) is 17.7 Å². The van der Waals surface area contributed by atoms with Crippen LogP contribution < -0.4 is 5.73 Å². The Balaban J connectivity index is 2.63. The lowest BCUT2D eigenvalue weighted by Gasteiger charge is -2.04. The molecule has 0 aliphatic rings. The fourth-order valence-electron chi connectivity index (χ4n) is 1.75. The first kappa shape index (κ1) is 12.5. The highest BCUT2D eigenvalue weighted by atomic mass is 16.6. The van der Waals surface area contributed by atoms with E-state index in [1.807, 2.05) is 0 Å². The van der Waals surface area contributed by atoms with Gasteiger partial charge in [0.25, 0.3) is 11.4 Å². The van der Waals surface area contributed by atoms with E-state index in [-0.39, 0.29) is 17.1 Å². The van der Waals surface area contributed by atoms with Gasteiger partial charge in [0.15, 0.2) is 0 Å². The monoisotopic (exact) mass is 259 g/mol. The molecule has 0 saturated carbocycles. The standard InChI is InChI=1S/C12H9N3O4/c13-10-6-5-8(7-12(10)15(18)19)9-3-1-2-4-11(9)14(16)17/h1-7H,13H2.